The summed E-state index contributed by atoms with van der Waals surface area (Å²) >= 11 is 1.47. The minimum atomic E-state index is -0.606. The Morgan fingerprint density at radius 1 is 1.33 bits per heavy atom. The summed E-state index contributed by atoms with van der Waals surface area (Å²) in [5.41, 5.74) is 0.168. The van der Waals surface area contributed by atoms with Crippen molar-refractivity contribution in [3.63, 3.8) is 0 Å². The van der Waals surface area contributed by atoms with Crippen molar-refractivity contribution in [1.82, 2.24) is 0 Å². The lowest BCUT2D eigenvalue weighted by molar-refractivity contribution is 0.0937. The summed E-state index contributed by atoms with van der Waals surface area (Å²) < 4.78 is 26.9. The molecule has 1 aliphatic heterocycles. The summed E-state index contributed by atoms with van der Waals surface area (Å²) in [6, 6.07) is 2.10. The van der Waals surface area contributed by atoms with Crippen LogP contribution in [0.4, 0.5) is 8.78 Å². The van der Waals surface area contributed by atoms with Crippen LogP contribution in [0.1, 0.15) is 22.8 Å². The predicted molar refractivity (Wildman–Crippen MR) is 56.0 cm³/mol. The van der Waals surface area contributed by atoms with E-state index < -0.39 is 11.6 Å². The Balaban J connectivity index is 2.62. The van der Waals surface area contributed by atoms with Gasteiger partial charge in [-0.05, 0) is 12.1 Å². The van der Waals surface area contributed by atoms with Gasteiger partial charge in [-0.3, -0.25) is 4.79 Å². The molecule has 1 atom stereocenters. The van der Waals surface area contributed by atoms with Gasteiger partial charge in [0.2, 0.25) is 0 Å². The quantitative estimate of drug-likeness (QED) is 0.679. The number of hydrogen-bond donors (Lipinski definition) is 0. The number of thioether (sulfide) groups is 1. The molecule has 1 aliphatic rings. The molecule has 1 aromatic carbocycles. The Kier molecular flexibility index (Phi) is 2.78. The number of carbonyl (C=O) groups excluding carboxylic acids is 1. The molecule has 0 radical (unpaired) electrons. The molecule has 0 saturated carbocycles. The van der Waals surface area contributed by atoms with Gasteiger partial charge < -0.3 is 0 Å². The van der Waals surface area contributed by atoms with Gasteiger partial charge in [-0.2, -0.15) is 11.8 Å². The van der Waals surface area contributed by atoms with Crippen LogP contribution in [0.2, 0.25) is 0 Å². The number of fused-ring (bicyclic) bond motifs is 1. The van der Waals surface area contributed by atoms with E-state index in [0.29, 0.717) is 11.5 Å². The zero-order valence-corrected chi connectivity index (χ0v) is 9.04. The largest absolute Gasteiger partial charge is 0.294 e. The fourth-order valence-corrected chi connectivity index (χ4v) is 2.77. The first-order valence-electron chi connectivity index (χ1n) is 4.70. The van der Waals surface area contributed by atoms with E-state index in [1.165, 1.54) is 11.8 Å². The van der Waals surface area contributed by atoms with Gasteiger partial charge in [-0.15, -0.1) is 0 Å². The van der Waals surface area contributed by atoms with E-state index in [0.717, 1.165) is 12.1 Å². The summed E-state index contributed by atoms with van der Waals surface area (Å²) in [7, 11) is 0. The van der Waals surface area contributed by atoms with E-state index in [1.807, 2.05) is 0 Å². The number of carbonyl (C=O) groups is 1. The minimum absolute atomic E-state index is 0.0486. The Morgan fingerprint density at radius 3 is 2.73 bits per heavy atom. The number of ketones is 1. The van der Waals surface area contributed by atoms with Crippen molar-refractivity contribution < 1.29 is 13.6 Å². The maximum absolute atomic E-state index is 13.5. The molecule has 1 nitrogen and oxygen atoms in total. The molecule has 15 heavy (non-hydrogen) atoms. The van der Waals surface area contributed by atoms with Crippen LogP contribution in [0.25, 0.3) is 0 Å². The molecular weight excluding hydrogens is 218 g/mol. The van der Waals surface area contributed by atoms with Crippen LogP contribution in [-0.2, 0) is 5.75 Å². The fourth-order valence-electron chi connectivity index (χ4n) is 1.66. The molecule has 1 aromatic rings. The minimum Gasteiger partial charge on any atom is -0.294 e. The monoisotopic (exact) mass is 228 g/mol. The first kappa shape index (κ1) is 10.6. The second kappa shape index (κ2) is 3.93. The highest BCUT2D eigenvalue weighted by Crippen LogP contribution is 2.30. The zero-order valence-electron chi connectivity index (χ0n) is 8.22. The molecule has 0 saturated heterocycles. The van der Waals surface area contributed by atoms with E-state index >= 15 is 0 Å². The highest BCUT2D eigenvalue weighted by atomic mass is 32.2. The average Bonchev–Trinajstić information content (AvgIpc) is 2.35. The third-order valence-electron chi connectivity index (χ3n) is 2.51. The molecule has 0 spiro atoms. The van der Waals surface area contributed by atoms with Gasteiger partial charge in [-0.1, -0.05) is 6.92 Å². The number of hydrogen-bond acceptors (Lipinski definition) is 2. The summed E-state index contributed by atoms with van der Waals surface area (Å²) in [6.07, 6.45) is 0. The van der Waals surface area contributed by atoms with Crippen LogP contribution < -0.4 is 0 Å². The number of rotatable bonds is 0. The number of Topliss-reactive ketones (excluding diaryl/α,β-unsaturated/α-hetero) is 1. The number of halogens is 2. The molecule has 0 aromatic heterocycles. The van der Waals surface area contributed by atoms with Gasteiger partial charge in [0.15, 0.2) is 5.78 Å². The van der Waals surface area contributed by atoms with E-state index in [1.54, 1.807) is 6.92 Å². The Hall–Kier alpha value is -0.900. The average molecular weight is 228 g/mol. The van der Waals surface area contributed by atoms with Crippen molar-refractivity contribution in [2.45, 2.75) is 12.7 Å². The van der Waals surface area contributed by atoms with Crippen molar-refractivity contribution in [2.24, 2.45) is 5.92 Å². The van der Waals surface area contributed by atoms with Crippen LogP contribution in [0.15, 0.2) is 12.1 Å². The van der Waals surface area contributed by atoms with Crippen molar-refractivity contribution >= 4 is 17.5 Å². The van der Waals surface area contributed by atoms with Crippen molar-refractivity contribution in [1.29, 1.82) is 0 Å². The maximum Gasteiger partial charge on any atom is 0.169 e. The molecule has 1 unspecified atom stereocenters. The summed E-state index contributed by atoms with van der Waals surface area (Å²) in [5.74, 6) is -0.631. The highest BCUT2D eigenvalue weighted by Gasteiger charge is 2.27. The van der Waals surface area contributed by atoms with Crippen LogP contribution in [0.3, 0.4) is 0 Å². The lowest BCUT2D eigenvalue weighted by atomic mass is 9.96. The van der Waals surface area contributed by atoms with E-state index in [-0.39, 0.29) is 22.8 Å². The first-order valence-corrected chi connectivity index (χ1v) is 5.85. The van der Waals surface area contributed by atoms with Crippen LogP contribution in [0.5, 0.6) is 0 Å². The summed E-state index contributed by atoms with van der Waals surface area (Å²) in [6.45, 7) is 1.74. The van der Waals surface area contributed by atoms with Gasteiger partial charge >= 0.3 is 0 Å². The maximum atomic E-state index is 13.5. The van der Waals surface area contributed by atoms with Crippen molar-refractivity contribution in [2.75, 3.05) is 5.75 Å². The van der Waals surface area contributed by atoms with E-state index in [4.69, 9.17) is 0 Å². The molecule has 1 heterocycles. The van der Waals surface area contributed by atoms with E-state index in [2.05, 4.69) is 0 Å². The standard InChI is InChI=1S/C11H10F2OS/c1-6-4-15-5-7-8(12)2-3-9(13)10(7)11(6)14/h2-3,6H,4-5H2,1H3. The van der Waals surface area contributed by atoms with Crippen molar-refractivity contribution in [3.05, 3.63) is 34.9 Å². The summed E-state index contributed by atoms with van der Waals surface area (Å²) in [4.78, 5) is 11.8. The molecule has 4 heteroatoms. The van der Waals surface area contributed by atoms with Crippen LogP contribution in [-0.4, -0.2) is 11.5 Å². The molecular formula is C11H10F2OS. The second-order valence-corrected chi connectivity index (χ2v) is 4.69. The molecule has 0 fully saturated rings. The normalized spacial score (nSPS) is 21.0. The zero-order chi connectivity index (χ0) is 11.0. The Bertz CT molecular complexity index is 417. The van der Waals surface area contributed by atoms with E-state index in [9.17, 15) is 13.6 Å². The van der Waals surface area contributed by atoms with Gasteiger partial charge in [0.1, 0.15) is 11.6 Å². The van der Waals surface area contributed by atoms with Crippen molar-refractivity contribution in [3.8, 4) is 0 Å². The summed E-state index contributed by atoms with van der Waals surface area (Å²) in [5, 5.41) is 0. The van der Waals surface area contributed by atoms with Gasteiger partial charge in [-0.25, -0.2) is 8.78 Å². The number of benzene rings is 1. The third-order valence-corrected chi connectivity index (χ3v) is 3.74. The molecule has 0 N–H and O–H groups in total. The third kappa shape index (κ3) is 1.78. The molecule has 2 rings (SSSR count). The highest BCUT2D eigenvalue weighted by molar-refractivity contribution is 7.98. The molecule has 80 valence electrons. The molecule has 0 bridgehead atoms. The molecule has 0 aliphatic carbocycles. The Morgan fingerprint density at radius 2 is 2.00 bits per heavy atom. The van der Waals surface area contributed by atoms with Gasteiger partial charge in [0.05, 0.1) is 5.56 Å². The predicted octanol–water partition coefficient (Wildman–Crippen LogP) is 3.03. The lowest BCUT2D eigenvalue weighted by Gasteiger charge is -2.08. The fraction of sp³-hybridized carbons (Fsp3) is 0.364. The topological polar surface area (TPSA) is 17.1 Å². The van der Waals surface area contributed by atoms with Crippen LogP contribution >= 0.6 is 11.8 Å². The lowest BCUT2D eigenvalue weighted by Crippen LogP contribution is -2.15. The Labute approximate surface area is 90.9 Å². The van der Waals surface area contributed by atoms with Gasteiger partial charge in [0, 0.05) is 23.0 Å². The van der Waals surface area contributed by atoms with Gasteiger partial charge in [0.25, 0.3) is 0 Å². The smallest absolute Gasteiger partial charge is 0.169 e. The SMILES string of the molecule is CC1CSCc2c(F)ccc(F)c2C1=O. The molecule has 0 amide bonds. The van der Waals surface area contributed by atoms with Crippen LogP contribution in [0, 0.1) is 17.6 Å². The second-order valence-electron chi connectivity index (χ2n) is 3.66. The first-order chi connectivity index (χ1) is 7.11.